The van der Waals surface area contributed by atoms with E-state index >= 15 is 0 Å². The number of rotatable bonds is 5. The summed E-state index contributed by atoms with van der Waals surface area (Å²) in [5, 5.41) is 0. The molecule has 6 rings (SSSR count). The molecule has 0 bridgehead atoms. The van der Waals surface area contributed by atoms with Gasteiger partial charge in [-0.25, -0.2) is 4.90 Å². The van der Waals surface area contributed by atoms with Gasteiger partial charge >= 0.3 is 0 Å². The molecular weight excluding hydrogens is 508 g/mol. The van der Waals surface area contributed by atoms with Crippen LogP contribution in [-0.4, -0.2) is 47.1 Å². The van der Waals surface area contributed by atoms with E-state index in [1.165, 1.54) is 55.6 Å². The second-order valence-electron chi connectivity index (χ2n) is 9.71. The van der Waals surface area contributed by atoms with Gasteiger partial charge in [-0.15, -0.1) is 0 Å². The maximum atomic E-state index is 13.3. The number of hydrogen-bond donors (Lipinski definition) is 0. The number of ketones is 2. The van der Waals surface area contributed by atoms with E-state index in [2.05, 4.69) is 0 Å². The van der Waals surface area contributed by atoms with E-state index in [1.807, 2.05) is 19.1 Å². The molecule has 4 amide bonds. The number of anilines is 1. The fourth-order valence-electron chi connectivity index (χ4n) is 4.92. The number of imide groups is 2. The molecule has 0 aromatic heterocycles. The third-order valence-electron chi connectivity index (χ3n) is 7.20. The number of hydrogen-bond acceptors (Lipinski definition) is 6. The summed E-state index contributed by atoms with van der Waals surface area (Å²) in [6.45, 7) is 1.93. The molecule has 0 unspecified atom stereocenters. The maximum absolute atomic E-state index is 13.3. The second kappa shape index (κ2) is 9.06. The summed E-state index contributed by atoms with van der Waals surface area (Å²) in [5.74, 6) is -2.70. The lowest BCUT2D eigenvalue weighted by Crippen LogP contribution is -2.29. The molecule has 0 spiro atoms. The van der Waals surface area contributed by atoms with Crippen LogP contribution in [0.25, 0.3) is 0 Å². The highest BCUT2D eigenvalue weighted by Crippen LogP contribution is 2.31. The van der Waals surface area contributed by atoms with E-state index in [9.17, 15) is 28.8 Å². The van der Waals surface area contributed by atoms with E-state index in [0.29, 0.717) is 16.8 Å². The van der Waals surface area contributed by atoms with Crippen LogP contribution in [0.1, 0.15) is 78.8 Å². The third kappa shape index (κ3) is 3.77. The Labute approximate surface area is 228 Å². The van der Waals surface area contributed by atoms with Gasteiger partial charge in [-0.1, -0.05) is 42.0 Å². The first kappa shape index (κ1) is 24.8. The van der Waals surface area contributed by atoms with Gasteiger partial charge in [0.1, 0.15) is 0 Å². The number of nitrogens with zero attached hydrogens (tertiary/aromatic N) is 2. The minimum absolute atomic E-state index is 0.0720. The Hall–Kier alpha value is -5.50. The lowest BCUT2D eigenvalue weighted by molar-refractivity contribution is 0.0691. The van der Waals surface area contributed by atoms with Gasteiger partial charge in [-0.3, -0.25) is 33.7 Å². The van der Waals surface area contributed by atoms with Crippen LogP contribution in [-0.2, 0) is 0 Å². The Morgan fingerprint density at radius 3 is 1.48 bits per heavy atom. The highest BCUT2D eigenvalue weighted by Gasteiger charge is 2.38. The molecule has 0 saturated carbocycles. The summed E-state index contributed by atoms with van der Waals surface area (Å²) in [6.07, 6.45) is 0. The highest BCUT2D eigenvalue weighted by molar-refractivity contribution is 6.35. The van der Waals surface area contributed by atoms with Gasteiger partial charge in [0.05, 0.1) is 27.9 Å². The summed E-state index contributed by atoms with van der Waals surface area (Å²) >= 11 is 0. The summed E-state index contributed by atoms with van der Waals surface area (Å²) in [5.41, 5.74) is 3.20. The fraction of sp³-hybridized carbons (Fsp3) is 0.0625. The Morgan fingerprint density at radius 2 is 0.900 bits per heavy atom. The van der Waals surface area contributed by atoms with Crippen molar-refractivity contribution in [1.29, 1.82) is 0 Å². The minimum Gasteiger partial charge on any atom is -0.289 e. The average molecular weight is 529 g/mol. The lowest BCUT2D eigenvalue weighted by atomic mass is 9.96. The molecule has 40 heavy (non-hydrogen) atoms. The van der Waals surface area contributed by atoms with Crippen molar-refractivity contribution in [2.24, 2.45) is 0 Å². The van der Waals surface area contributed by atoms with Gasteiger partial charge in [0.2, 0.25) is 0 Å². The van der Waals surface area contributed by atoms with Crippen molar-refractivity contribution >= 4 is 40.9 Å². The van der Waals surface area contributed by atoms with Gasteiger partial charge in [0.25, 0.3) is 23.6 Å². The summed E-state index contributed by atoms with van der Waals surface area (Å²) in [6, 6.07) is 21.9. The zero-order valence-corrected chi connectivity index (χ0v) is 21.4. The van der Waals surface area contributed by atoms with Crippen LogP contribution in [0.2, 0.25) is 0 Å². The Bertz CT molecular complexity index is 1820. The Kier molecular flexibility index (Phi) is 5.62. The van der Waals surface area contributed by atoms with E-state index in [4.69, 9.17) is 0 Å². The van der Waals surface area contributed by atoms with Gasteiger partial charge in [-0.2, -0.15) is 0 Å². The van der Waals surface area contributed by atoms with Gasteiger partial charge in [0, 0.05) is 29.3 Å². The topological polar surface area (TPSA) is 109 Å². The van der Waals surface area contributed by atoms with E-state index in [-0.39, 0.29) is 39.2 Å². The minimum atomic E-state index is -0.594. The molecule has 0 atom stereocenters. The van der Waals surface area contributed by atoms with E-state index in [1.54, 1.807) is 24.3 Å². The van der Waals surface area contributed by atoms with Gasteiger partial charge in [0.15, 0.2) is 11.6 Å². The van der Waals surface area contributed by atoms with Crippen molar-refractivity contribution in [1.82, 2.24) is 4.90 Å². The van der Waals surface area contributed by atoms with Crippen LogP contribution in [0.4, 0.5) is 5.69 Å². The van der Waals surface area contributed by atoms with Crippen LogP contribution in [0.3, 0.4) is 0 Å². The molecular formula is C32H20N2O6. The van der Waals surface area contributed by atoms with Crippen LogP contribution >= 0.6 is 0 Å². The first-order valence-corrected chi connectivity index (χ1v) is 12.4. The first-order valence-electron chi connectivity index (χ1n) is 12.4. The molecule has 8 nitrogen and oxygen atoms in total. The second-order valence-corrected chi connectivity index (χ2v) is 9.71. The summed E-state index contributed by atoms with van der Waals surface area (Å²) in [7, 11) is 1.37. The van der Waals surface area contributed by atoms with Crippen molar-refractivity contribution in [2.75, 3.05) is 11.9 Å². The quantitative estimate of drug-likeness (QED) is 0.279. The fourth-order valence-corrected chi connectivity index (χ4v) is 4.92. The predicted octanol–water partition coefficient (Wildman–Crippen LogP) is 4.48. The Balaban J connectivity index is 1.26. The largest absolute Gasteiger partial charge is 0.289 e. The smallest absolute Gasteiger partial charge is 0.266 e. The van der Waals surface area contributed by atoms with Crippen LogP contribution in [0, 0.1) is 6.92 Å². The Morgan fingerprint density at radius 1 is 0.500 bits per heavy atom. The number of carbonyl (C=O) groups excluding carboxylic acids is 6. The molecule has 0 aliphatic carbocycles. The zero-order valence-electron chi connectivity index (χ0n) is 21.4. The number of aryl methyl sites for hydroxylation is 1. The summed E-state index contributed by atoms with van der Waals surface area (Å²) in [4.78, 5) is 79.0. The molecule has 0 fully saturated rings. The molecule has 0 N–H and O–H groups in total. The monoisotopic (exact) mass is 528 g/mol. The van der Waals surface area contributed by atoms with Crippen molar-refractivity contribution in [3.05, 3.63) is 135 Å². The molecule has 0 saturated heterocycles. The molecule has 4 aromatic rings. The number of carbonyl (C=O) groups is 6. The van der Waals surface area contributed by atoms with Gasteiger partial charge < -0.3 is 0 Å². The van der Waals surface area contributed by atoms with Gasteiger partial charge in [-0.05, 0) is 55.5 Å². The predicted molar refractivity (Wildman–Crippen MR) is 145 cm³/mol. The number of benzene rings is 4. The van der Waals surface area contributed by atoms with Crippen LogP contribution < -0.4 is 4.90 Å². The first-order chi connectivity index (χ1) is 19.2. The number of amides is 4. The zero-order chi connectivity index (χ0) is 28.3. The molecule has 0 radical (unpaired) electrons. The maximum Gasteiger partial charge on any atom is 0.266 e. The van der Waals surface area contributed by atoms with Crippen molar-refractivity contribution < 1.29 is 28.8 Å². The molecule has 2 aliphatic heterocycles. The molecule has 4 aromatic carbocycles. The standard InChI is InChI=1S/C32H20N2O6/c1-17-3-5-18(6-4-17)27(35)19-7-11-22(12-8-19)34-31(39)24-14-10-21(16-26(24)32(34)40)28(36)20-9-13-23-25(15-20)30(38)33(2)29(23)37/h3-16H,1-2H3. The highest BCUT2D eigenvalue weighted by atomic mass is 16.2. The molecule has 194 valence electrons. The van der Waals surface area contributed by atoms with Crippen LogP contribution in [0.5, 0.6) is 0 Å². The third-order valence-corrected chi connectivity index (χ3v) is 7.20. The van der Waals surface area contributed by atoms with Crippen molar-refractivity contribution in [3.63, 3.8) is 0 Å². The molecule has 2 heterocycles. The molecule has 8 heteroatoms. The lowest BCUT2D eigenvalue weighted by Gasteiger charge is -2.14. The number of fused-ring (bicyclic) bond motifs is 2. The summed E-state index contributed by atoms with van der Waals surface area (Å²) < 4.78 is 0. The van der Waals surface area contributed by atoms with E-state index in [0.717, 1.165) is 15.4 Å². The average Bonchev–Trinajstić information content (AvgIpc) is 3.35. The molecule has 2 aliphatic rings. The van der Waals surface area contributed by atoms with Crippen molar-refractivity contribution in [2.45, 2.75) is 6.92 Å². The van der Waals surface area contributed by atoms with Crippen molar-refractivity contribution in [3.8, 4) is 0 Å². The van der Waals surface area contributed by atoms with E-state index < -0.39 is 29.4 Å². The SMILES string of the molecule is Cc1ccc(C(=O)c2ccc(N3C(=O)c4ccc(C(=O)c5ccc6c(c5)C(=O)N(C)C6=O)cc4C3=O)cc2)cc1. The van der Waals surface area contributed by atoms with Crippen LogP contribution in [0.15, 0.2) is 84.9 Å². The normalized spacial score (nSPS) is 14.1.